The van der Waals surface area contributed by atoms with Crippen LogP contribution >= 0.6 is 0 Å². The normalized spacial score (nSPS) is 11.9. The Kier molecular flexibility index (Phi) is 5.57. The summed E-state index contributed by atoms with van der Waals surface area (Å²) in [6, 6.07) is 15.1. The number of anilines is 4. The van der Waals surface area contributed by atoms with Crippen molar-refractivity contribution < 1.29 is 0 Å². The van der Waals surface area contributed by atoms with Crippen LogP contribution in [0.15, 0.2) is 69.0 Å². The number of H-pyrrole nitrogens is 2. The van der Waals surface area contributed by atoms with Gasteiger partial charge in [0.2, 0.25) is 0 Å². The van der Waals surface area contributed by atoms with E-state index in [0.717, 1.165) is 11.1 Å². The van der Waals surface area contributed by atoms with Crippen molar-refractivity contribution >= 4 is 58.2 Å². The zero-order chi connectivity index (χ0) is 22.5. The highest BCUT2D eigenvalue weighted by atomic mass is 15.3. The minimum Gasteiger partial charge on any atom is -0.382 e. The zero-order valence-corrected chi connectivity index (χ0v) is 16.8. The molecular weight excluding hydrogens is 408 g/mol. The van der Waals surface area contributed by atoms with Crippen LogP contribution in [0.2, 0.25) is 0 Å². The molecule has 4 rings (SSSR count). The first kappa shape index (κ1) is 20.3. The summed E-state index contributed by atoms with van der Waals surface area (Å²) in [6.07, 6.45) is 3.97. The van der Waals surface area contributed by atoms with Crippen LogP contribution in [0.1, 0.15) is 11.1 Å². The molecule has 10 N–H and O–H groups in total. The van der Waals surface area contributed by atoms with Gasteiger partial charge in [-0.1, -0.05) is 36.4 Å². The summed E-state index contributed by atoms with van der Waals surface area (Å²) in [4.78, 5) is 0. The van der Waals surface area contributed by atoms with E-state index < -0.39 is 0 Å². The number of azo groups is 2. The molecule has 2 heterocycles. The predicted octanol–water partition coefficient (Wildman–Crippen LogP) is 4.46. The Morgan fingerprint density at radius 2 is 0.938 bits per heavy atom. The summed E-state index contributed by atoms with van der Waals surface area (Å²) in [7, 11) is 0. The number of hydrogen-bond acceptors (Lipinski definition) is 10. The number of aromatic nitrogens is 4. The van der Waals surface area contributed by atoms with Gasteiger partial charge in [0.25, 0.3) is 0 Å². The van der Waals surface area contributed by atoms with Gasteiger partial charge in [-0.3, -0.25) is 10.2 Å². The molecule has 0 aliphatic rings. The fourth-order valence-electron chi connectivity index (χ4n) is 2.65. The lowest BCUT2D eigenvalue weighted by atomic mass is 10.1. The largest absolute Gasteiger partial charge is 0.382 e. The summed E-state index contributed by atoms with van der Waals surface area (Å²) in [6.45, 7) is 0. The van der Waals surface area contributed by atoms with Crippen molar-refractivity contribution in [1.82, 2.24) is 20.4 Å². The Hall–Kier alpha value is -5.00. The molecule has 0 fully saturated rings. The SMILES string of the molecule is Nc1n[nH]c(N)c1N=Nc1ccc(/C=C/c2ccc(N=Nc3c(N)n[nH]c3N)cc2)cc1. The van der Waals surface area contributed by atoms with Crippen LogP contribution in [0.4, 0.5) is 46.0 Å². The highest BCUT2D eigenvalue weighted by Gasteiger charge is 2.07. The summed E-state index contributed by atoms with van der Waals surface area (Å²) in [5.74, 6) is 0.946. The molecule has 0 radical (unpaired) electrons. The minimum absolute atomic E-state index is 0.202. The topological polar surface area (TPSA) is 211 Å². The van der Waals surface area contributed by atoms with E-state index in [9.17, 15) is 0 Å². The third-order valence-corrected chi connectivity index (χ3v) is 4.37. The number of benzene rings is 2. The Balaban J connectivity index is 1.39. The number of rotatable bonds is 6. The van der Waals surface area contributed by atoms with Crippen LogP contribution in [-0.4, -0.2) is 20.4 Å². The van der Waals surface area contributed by atoms with E-state index in [1.807, 2.05) is 60.7 Å². The standard InChI is InChI=1S/C20H20N12/c21-17-15(18(22)30-29-17)27-25-13-7-3-11(4-8-13)1-2-12-5-9-14(10-6-12)26-28-16-19(23)31-32-20(16)24/h1-10H,(H5,21,22,29,30)(H5,23,24,31,32)/b2-1+,27-25?,28-26?. The van der Waals surface area contributed by atoms with Crippen LogP contribution in [-0.2, 0) is 0 Å². The van der Waals surface area contributed by atoms with E-state index in [2.05, 4.69) is 40.9 Å². The molecule has 0 amide bonds. The number of hydrogen-bond donors (Lipinski definition) is 6. The van der Waals surface area contributed by atoms with E-state index >= 15 is 0 Å². The third kappa shape index (κ3) is 4.59. The number of nitrogen functional groups attached to an aromatic ring is 4. The first-order valence-electron chi connectivity index (χ1n) is 9.40. The van der Waals surface area contributed by atoms with Crippen LogP contribution in [0.5, 0.6) is 0 Å². The smallest absolute Gasteiger partial charge is 0.175 e. The van der Waals surface area contributed by atoms with Crippen molar-refractivity contribution in [1.29, 1.82) is 0 Å². The van der Waals surface area contributed by atoms with Gasteiger partial charge >= 0.3 is 0 Å². The van der Waals surface area contributed by atoms with Crippen LogP contribution in [0.3, 0.4) is 0 Å². The zero-order valence-electron chi connectivity index (χ0n) is 16.8. The van der Waals surface area contributed by atoms with Gasteiger partial charge in [0, 0.05) is 0 Å². The molecule has 160 valence electrons. The number of nitrogens with zero attached hydrogens (tertiary/aromatic N) is 6. The molecule has 12 heteroatoms. The molecule has 0 aliphatic heterocycles. The Bertz CT molecular complexity index is 1150. The van der Waals surface area contributed by atoms with Crippen molar-refractivity contribution in [3.63, 3.8) is 0 Å². The van der Waals surface area contributed by atoms with Crippen LogP contribution in [0, 0.1) is 0 Å². The highest BCUT2D eigenvalue weighted by Crippen LogP contribution is 2.29. The second-order valence-electron chi connectivity index (χ2n) is 6.66. The average molecular weight is 428 g/mol. The van der Waals surface area contributed by atoms with Crippen LogP contribution < -0.4 is 22.9 Å². The van der Waals surface area contributed by atoms with Gasteiger partial charge in [-0.05, 0) is 35.4 Å². The molecule has 0 saturated carbocycles. The molecule has 0 atom stereocenters. The summed E-state index contributed by atoms with van der Waals surface area (Å²) in [5.41, 5.74) is 26.7. The second kappa shape index (κ2) is 8.79. The molecule has 2 aromatic heterocycles. The van der Waals surface area contributed by atoms with Crippen molar-refractivity contribution in [2.45, 2.75) is 0 Å². The second-order valence-corrected chi connectivity index (χ2v) is 6.66. The number of aromatic amines is 2. The first-order chi connectivity index (χ1) is 15.5. The average Bonchev–Trinajstić information content (AvgIpc) is 3.30. The van der Waals surface area contributed by atoms with Gasteiger partial charge in [0.05, 0.1) is 11.4 Å². The summed E-state index contributed by atoms with van der Waals surface area (Å²) >= 11 is 0. The lowest BCUT2D eigenvalue weighted by Crippen LogP contribution is -1.84. The number of nitrogens with one attached hydrogen (secondary N) is 2. The Morgan fingerprint density at radius 3 is 1.25 bits per heavy atom. The predicted molar refractivity (Wildman–Crippen MR) is 125 cm³/mol. The molecule has 2 aromatic carbocycles. The molecule has 0 saturated heterocycles. The maximum absolute atomic E-state index is 5.70. The Morgan fingerprint density at radius 1 is 0.562 bits per heavy atom. The summed E-state index contributed by atoms with van der Waals surface area (Å²) < 4.78 is 0. The van der Waals surface area contributed by atoms with Crippen molar-refractivity contribution in [3.8, 4) is 0 Å². The first-order valence-corrected chi connectivity index (χ1v) is 9.40. The third-order valence-electron chi connectivity index (χ3n) is 4.37. The fourth-order valence-corrected chi connectivity index (χ4v) is 2.65. The fraction of sp³-hybridized carbons (Fsp3) is 0. The molecule has 0 bridgehead atoms. The van der Waals surface area contributed by atoms with Gasteiger partial charge in [-0.2, -0.15) is 20.4 Å². The highest BCUT2D eigenvalue weighted by molar-refractivity contribution is 5.72. The molecule has 4 aromatic rings. The lowest BCUT2D eigenvalue weighted by molar-refractivity contribution is 1.11. The summed E-state index contributed by atoms with van der Waals surface area (Å²) in [5, 5.41) is 29.0. The maximum Gasteiger partial charge on any atom is 0.175 e. The van der Waals surface area contributed by atoms with Crippen molar-refractivity contribution in [3.05, 3.63) is 59.7 Å². The molecular formula is C20H20N12. The van der Waals surface area contributed by atoms with Crippen molar-refractivity contribution in [2.75, 3.05) is 22.9 Å². The molecule has 0 spiro atoms. The molecule has 0 aliphatic carbocycles. The minimum atomic E-state index is 0.202. The van der Waals surface area contributed by atoms with Gasteiger partial charge in [0.1, 0.15) is 11.6 Å². The van der Waals surface area contributed by atoms with E-state index in [1.165, 1.54) is 0 Å². The van der Waals surface area contributed by atoms with Crippen LogP contribution in [0.25, 0.3) is 12.2 Å². The van der Waals surface area contributed by atoms with E-state index in [-0.39, 0.29) is 23.3 Å². The quantitative estimate of drug-likeness (QED) is 0.192. The molecule has 12 nitrogen and oxygen atoms in total. The van der Waals surface area contributed by atoms with E-state index in [0.29, 0.717) is 22.7 Å². The van der Waals surface area contributed by atoms with Crippen molar-refractivity contribution in [2.24, 2.45) is 20.5 Å². The van der Waals surface area contributed by atoms with Gasteiger partial charge in [-0.25, -0.2) is 0 Å². The van der Waals surface area contributed by atoms with Gasteiger partial charge in [0.15, 0.2) is 23.0 Å². The monoisotopic (exact) mass is 428 g/mol. The Labute approximate surface area is 182 Å². The molecule has 32 heavy (non-hydrogen) atoms. The maximum atomic E-state index is 5.70. The number of nitrogens with two attached hydrogens (primary N) is 4. The van der Waals surface area contributed by atoms with E-state index in [1.54, 1.807) is 0 Å². The van der Waals surface area contributed by atoms with Gasteiger partial charge in [-0.15, -0.1) is 10.2 Å². The van der Waals surface area contributed by atoms with E-state index in [4.69, 9.17) is 22.9 Å². The molecule has 0 unspecified atom stereocenters. The lowest BCUT2D eigenvalue weighted by Gasteiger charge is -1.98. The van der Waals surface area contributed by atoms with Gasteiger partial charge < -0.3 is 22.9 Å².